The van der Waals surface area contributed by atoms with Gasteiger partial charge in [0, 0.05) is 50.5 Å². The third kappa shape index (κ3) is 5.45. The molecular formula is C21H32N4O2. The summed E-state index contributed by atoms with van der Waals surface area (Å²) in [4.78, 5) is 30.8. The molecule has 1 aliphatic heterocycles. The number of anilines is 2. The van der Waals surface area contributed by atoms with Crippen LogP contribution >= 0.6 is 0 Å². The molecule has 1 heterocycles. The van der Waals surface area contributed by atoms with Gasteiger partial charge in [-0.15, -0.1) is 0 Å². The molecule has 148 valence electrons. The fraction of sp³-hybridized carbons (Fsp3) is 0.619. The van der Waals surface area contributed by atoms with Gasteiger partial charge in [0.25, 0.3) is 0 Å². The molecule has 0 spiro atoms. The number of nitrogens with one attached hydrogen (secondary N) is 1. The van der Waals surface area contributed by atoms with Crippen LogP contribution in [0, 0.1) is 0 Å². The molecule has 27 heavy (non-hydrogen) atoms. The largest absolute Gasteiger partial charge is 0.369 e. The molecule has 0 aromatic heterocycles. The number of likely N-dealkylation sites (N-methyl/N-ethyl adjacent to an activating group) is 1. The number of amides is 2. The van der Waals surface area contributed by atoms with Crippen molar-refractivity contribution in [2.75, 3.05) is 49.6 Å². The van der Waals surface area contributed by atoms with Crippen molar-refractivity contribution in [1.82, 2.24) is 10.2 Å². The number of hydrogen-bond acceptors (Lipinski definition) is 4. The van der Waals surface area contributed by atoms with Gasteiger partial charge >= 0.3 is 0 Å². The SMILES string of the molecule is CC(=O)N(CC(=O)NC1CCCCC1)c1ccc(N2CCN(C)CC2)cc1. The Hall–Kier alpha value is -2.08. The van der Waals surface area contributed by atoms with E-state index in [1.807, 2.05) is 12.1 Å². The normalized spacial score (nSPS) is 19.0. The van der Waals surface area contributed by atoms with Gasteiger partial charge in [-0.2, -0.15) is 0 Å². The van der Waals surface area contributed by atoms with Crippen LogP contribution in [0.2, 0.25) is 0 Å². The Morgan fingerprint density at radius 3 is 2.26 bits per heavy atom. The Morgan fingerprint density at radius 1 is 1.04 bits per heavy atom. The van der Waals surface area contributed by atoms with Crippen molar-refractivity contribution in [3.05, 3.63) is 24.3 Å². The number of rotatable bonds is 5. The quantitative estimate of drug-likeness (QED) is 0.861. The van der Waals surface area contributed by atoms with Crippen molar-refractivity contribution in [3.8, 4) is 0 Å². The molecule has 2 amide bonds. The summed E-state index contributed by atoms with van der Waals surface area (Å²) < 4.78 is 0. The predicted molar refractivity (Wildman–Crippen MR) is 109 cm³/mol. The Balaban J connectivity index is 1.60. The van der Waals surface area contributed by atoms with Gasteiger partial charge in [0.2, 0.25) is 11.8 Å². The van der Waals surface area contributed by atoms with E-state index in [0.29, 0.717) is 0 Å². The van der Waals surface area contributed by atoms with Crippen molar-refractivity contribution in [2.45, 2.75) is 45.1 Å². The summed E-state index contributed by atoms with van der Waals surface area (Å²) in [6.45, 7) is 5.74. The maximum Gasteiger partial charge on any atom is 0.240 e. The number of nitrogens with zero attached hydrogens (tertiary/aromatic N) is 3. The second-order valence-electron chi connectivity index (χ2n) is 7.81. The van der Waals surface area contributed by atoms with E-state index >= 15 is 0 Å². The summed E-state index contributed by atoms with van der Waals surface area (Å²) in [5, 5.41) is 3.10. The lowest BCUT2D eigenvalue weighted by Gasteiger charge is -2.34. The second kappa shape index (κ2) is 9.22. The van der Waals surface area contributed by atoms with Crippen LogP contribution in [-0.4, -0.2) is 62.5 Å². The smallest absolute Gasteiger partial charge is 0.240 e. The van der Waals surface area contributed by atoms with Crippen LogP contribution in [-0.2, 0) is 9.59 Å². The number of hydrogen-bond donors (Lipinski definition) is 1. The number of benzene rings is 1. The highest BCUT2D eigenvalue weighted by Crippen LogP contribution is 2.22. The lowest BCUT2D eigenvalue weighted by atomic mass is 9.95. The third-order valence-electron chi connectivity index (χ3n) is 5.68. The molecule has 0 unspecified atom stereocenters. The van der Waals surface area contributed by atoms with Gasteiger partial charge in [-0.3, -0.25) is 9.59 Å². The first-order valence-electron chi connectivity index (χ1n) is 10.1. The second-order valence-corrected chi connectivity index (χ2v) is 7.81. The zero-order valence-electron chi connectivity index (χ0n) is 16.6. The van der Waals surface area contributed by atoms with E-state index in [0.717, 1.165) is 44.7 Å². The Kier molecular flexibility index (Phi) is 6.72. The summed E-state index contributed by atoms with van der Waals surface area (Å²) in [6, 6.07) is 8.26. The third-order valence-corrected chi connectivity index (χ3v) is 5.68. The van der Waals surface area contributed by atoms with Gasteiger partial charge in [-0.25, -0.2) is 0 Å². The highest BCUT2D eigenvalue weighted by molar-refractivity contribution is 5.97. The first kappa shape index (κ1) is 19.7. The van der Waals surface area contributed by atoms with Gasteiger partial charge in [0.1, 0.15) is 6.54 Å². The molecular weight excluding hydrogens is 340 g/mol. The van der Waals surface area contributed by atoms with Crippen molar-refractivity contribution in [2.24, 2.45) is 0 Å². The zero-order chi connectivity index (χ0) is 19.2. The average Bonchev–Trinajstić information content (AvgIpc) is 2.67. The Labute approximate surface area is 162 Å². The van der Waals surface area contributed by atoms with Crippen molar-refractivity contribution < 1.29 is 9.59 Å². The number of carbonyl (C=O) groups is 2. The molecule has 1 aromatic carbocycles. The predicted octanol–water partition coefficient (Wildman–Crippen LogP) is 2.24. The molecule has 2 aliphatic rings. The van der Waals surface area contributed by atoms with Crippen LogP contribution in [0.15, 0.2) is 24.3 Å². The molecule has 1 aliphatic carbocycles. The van der Waals surface area contributed by atoms with Crippen LogP contribution in [0.1, 0.15) is 39.0 Å². The van der Waals surface area contributed by atoms with Crippen LogP contribution in [0.3, 0.4) is 0 Å². The van der Waals surface area contributed by atoms with Crippen molar-refractivity contribution in [3.63, 3.8) is 0 Å². The molecule has 6 nitrogen and oxygen atoms in total. The maximum absolute atomic E-state index is 12.4. The summed E-state index contributed by atoms with van der Waals surface area (Å²) in [7, 11) is 2.14. The minimum absolute atomic E-state index is 0.0692. The number of piperazine rings is 1. The standard InChI is InChI=1S/C21H32N4O2/c1-17(26)25(16-21(27)22-18-6-4-3-5-7-18)20-10-8-19(9-11-20)24-14-12-23(2)13-15-24/h8-11,18H,3-7,12-16H2,1-2H3,(H,22,27). The molecule has 2 fully saturated rings. The summed E-state index contributed by atoms with van der Waals surface area (Å²) in [6.07, 6.45) is 5.70. The highest BCUT2D eigenvalue weighted by atomic mass is 16.2. The van der Waals surface area contributed by atoms with Gasteiger partial charge in [0.05, 0.1) is 0 Å². The van der Waals surface area contributed by atoms with Crippen LogP contribution in [0.5, 0.6) is 0 Å². The first-order valence-corrected chi connectivity index (χ1v) is 10.1. The van der Waals surface area contributed by atoms with E-state index in [1.54, 1.807) is 4.90 Å². The maximum atomic E-state index is 12.4. The Bertz CT molecular complexity index is 632. The number of carbonyl (C=O) groups excluding carboxylic acids is 2. The molecule has 1 aromatic rings. The molecule has 1 saturated heterocycles. The van der Waals surface area contributed by atoms with Gasteiger partial charge < -0.3 is 20.0 Å². The van der Waals surface area contributed by atoms with E-state index in [2.05, 4.69) is 34.3 Å². The molecule has 0 radical (unpaired) electrons. The topological polar surface area (TPSA) is 55.9 Å². The van der Waals surface area contributed by atoms with E-state index in [4.69, 9.17) is 0 Å². The van der Waals surface area contributed by atoms with Crippen molar-refractivity contribution in [1.29, 1.82) is 0 Å². The first-order chi connectivity index (χ1) is 13.0. The molecule has 0 atom stereocenters. The monoisotopic (exact) mass is 372 g/mol. The van der Waals surface area contributed by atoms with Gasteiger partial charge in [-0.05, 0) is 44.2 Å². The minimum Gasteiger partial charge on any atom is -0.369 e. The van der Waals surface area contributed by atoms with E-state index in [-0.39, 0.29) is 24.4 Å². The van der Waals surface area contributed by atoms with Gasteiger partial charge in [0.15, 0.2) is 0 Å². The van der Waals surface area contributed by atoms with Crippen LogP contribution in [0.4, 0.5) is 11.4 Å². The lowest BCUT2D eigenvalue weighted by Crippen LogP contribution is -2.45. The molecule has 1 saturated carbocycles. The molecule has 0 bridgehead atoms. The summed E-state index contributed by atoms with van der Waals surface area (Å²) >= 11 is 0. The molecule has 1 N–H and O–H groups in total. The highest BCUT2D eigenvalue weighted by Gasteiger charge is 2.20. The fourth-order valence-corrected chi connectivity index (χ4v) is 3.96. The van der Waals surface area contributed by atoms with Crippen molar-refractivity contribution >= 4 is 23.2 Å². The fourth-order valence-electron chi connectivity index (χ4n) is 3.96. The van der Waals surface area contributed by atoms with Crippen LogP contribution in [0.25, 0.3) is 0 Å². The molecule has 6 heteroatoms. The van der Waals surface area contributed by atoms with E-state index < -0.39 is 0 Å². The average molecular weight is 373 g/mol. The lowest BCUT2D eigenvalue weighted by molar-refractivity contribution is -0.123. The van der Waals surface area contributed by atoms with Crippen LogP contribution < -0.4 is 15.1 Å². The molecule has 3 rings (SSSR count). The minimum atomic E-state index is -0.110. The van der Waals surface area contributed by atoms with E-state index in [9.17, 15) is 9.59 Å². The summed E-state index contributed by atoms with van der Waals surface area (Å²) in [5.74, 6) is -0.179. The summed E-state index contributed by atoms with van der Waals surface area (Å²) in [5.41, 5.74) is 1.95. The van der Waals surface area contributed by atoms with E-state index in [1.165, 1.54) is 31.9 Å². The van der Waals surface area contributed by atoms with Gasteiger partial charge in [-0.1, -0.05) is 19.3 Å². The zero-order valence-corrected chi connectivity index (χ0v) is 16.6. The Morgan fingerprint density at radius 2 is 1.67 bits per heavy atom.